The van der Waals surface area contributed by atoms with E-state index in [9.17, 15) is 0 Å². The molecule has 22 heavy (non-hydrogen) atoms. The normalized spacial score (nSPS) is 19.4. The van der Waals surface area contributed by atoms with Crippen LogP contribution in [0.25, 0.3) is 0 Å². The van der Waals surface area contributed by atoms with E-state index >= 15 is 0 Å². The van der Waals surface area contributed by atoms with E-state index in [2.05, 4.69) is 28.9 Å². The quantitative estimate of drug-likeness (QED) is 0.478. The maximum absolute atomic E-state index is 6.07. The number of aliphatic imine (C=N–C) groups is 1. The van der Waals surface area contributed by atoms with E-state index in [1.165, 1.54) is 18.4 Å². The summed E-state index contributed by atoms with van der Waals surface area (Å²) in [5.41, 5.74) is 7.30. The first-order valence-corrected chi connectivity index (χ1v) is 8.42. The Morgan fingerprint density at radius 1 is 1.32 bits per heavy atom. The van der Waals surface area contributed by atoms with Crippen molar-refractivity contribution in [1.29, 1.82) is 0 Å². The van der Waals surface area contributed by atoms with Gasteiger partial charge in [-0.15, -0.1) is 0 Å². The molecule has 1 unspecified atom stereocenters. The van der Waals surface area contributed by atoms with Gasteiger partial charge >= 0.3 is 0 Å². The zero-order valence-corrected chi connectivity index (χ0v) is 13.7. The van der Waals surface area contributed by atoms with Gasteiger partial charge in [-0.1, -0.05) is 37.3 Å². The smallest absolute Gasteiger partial charge is 0.191 e. The minimum Gasteiger partial charge on any atom is -0.377 e. The lowest BCUT2D eigenvalue weighted by Crippen LogP contribution is -2.43. The Kier molecular flexibility index (Phi) is 7.23. The summed E-state index contributed by atoms with van der Waals surface area (Å²) in [5, 5.41) is 0. The Morgan fingerprint density at radius 2 is 2.14 bits per heavy atom. The van der Waals surface area contributed by atoms with E-state index in [1.807, 2.05) is 18.2 Å². The molecular weight excluding hydrogens is 274 g/mol. The second kappa shape index (κ2) is 9.46. The van der Waals surface area contributed by atoms with Crippen molar-refractivity contribution in [3.05, 3.63) is 35.9 Å². The molecule has 1 aromatic rings. The van der Waals surface area contributed by atoms with Crippen LogP contribution in [-0.4, -0.2) is 37.1 Å². The number of benzene rings is 1. The molecule has 1 aliphatic rings. The van der Waals surface area contributed by atoms with Gasteiger partial charge < -0.3 is 15.4 Å². The zero-order valence-electron chi connectivity index (χ0n) is 13.7. The third-order valence-corrected chi connectivity index (χ3v) is 4.06. The molecule has 2 N–H and O–H groups in total. The SMILES string of the molecule is CC1CCCN(C(N)=NCCCCOCc2ccccc2)C1. The standard InChI is InChI=1S/C18H29N3O/c1-16-8-7-12-21(14-16)18(19)20-11-5-6-13-22-15-17-9-3-2-4-10-17/h2-4,9-10,16H,5-8,11-15H2,1H3,(H2,19,20). The van der Waals surface area contributed by atoms with Gasteiger partial charge in [0.05, 0.1) is 6.61 Å². The number of ether oxygens (including phenoxy) is 1. The molecule has 1 aromatic carbocycles. The minimum atomic E-state index is 0.692. The molecule has 4 heteroatoms. The molecule has 0 spiro atoms. The maximum atomic E-state index is 6.07. The van der Waals surface area contributed by atoms with Crippen molar-refractivity contribution >= 4 is 5.96 Å². The number of unbranched alkanes of at least 4 members (excludes halogenated alkanes) is 1. The molecule has 1 saturated heterocycles. The molecule has 2 rings (SSSR count). The minimum absolute atomic E-state index is 0.692. The monoisotopic (exact) mass is 303 g/mol. The van der Waals surface area contributed by atoms with Crippen LogP contribution in [0.15, 0.2) is 35.3 Å². The summed E-state index contributed by atoms with van der Waals surface area (Å²) in [6.45, 7) is 6.66. The van der Waals surface area contributed by atoms with Crippen LogP contribution in [0.3, 0.4) is 0 Å². The summed E-state index contributed by atoms with van der Waals surface area (Å²) in [6, 6.07) is 10.3. The molecule has 122 valence electrons. The first-order valence-electron chi connectivity index (χ1n) is 8.42. The van der Waals surface area contributed by atoms with Gasteiger partial charge in [0.1, 0.15) is 0 Å². The lowest BCUT2D eigenvalue weighted by molar-refractivity contribution is 0.117. The van der Waals surface area contributed by atoms with Crippen molar-refractivity contribution in [2.24, 2.45) is 16.6 Å². The fourth-order valence-corrected chi connectivity index (χ4v) is 2.77. The molecule has 0 saturated carbocycles. The van der Waals surface area contributed by atoms with Crippen molar-refractivity contribution < 1.29 is 4.74 Å². The summed E-state index contributed by atoms with van der Waals surface area (Å²) in [5.74, 6) is 1.45. The van der Waals surface area contributed by atoms with Crippen LogP contribution in [0.4, 0.5) is 0 Å². The van der Waals surface area contributed by atoms with E-state index in [-0.39, 0.29) is 0 Å². The zero-order chi connectivity index (χ0) is 15.6. The molecule has 1 heterocycles. The number of guanidine groups is 1. The van der Waals surface area contributed by atoms with E-state index in [4.69, 9.17) is 10.5 Å². The highest BCUT2D eigenvalue weighted by molar-refractivity contribution is 5.78. The largest absolute Gasteiger partial charge is 0.377 e. The molecule has 0 radical (unpaired) electrons. The fourth-order valence-electron chi connectivity index (χ4n) is 2.77. The second-order valence-electron chi connectivity index (χ2n) is 6.18. The summed E-state index contributed by atoms with van der Waals surface area (Å²) < 4.78 is 5.67. The molecule has 1 aliphatic heterocycles. The van der Waals surface area contributed by atoms with Crippen LogP contribution in [0.1, 0.15) is 38.2 Å². The molecule has 1 fully saturated rings. The van der Waals surface area contributed by atoms with Crippen LogP contribution in [0.2, 0.25) is 0 Å². The van der Waals surface area contributed by atoms with Crippen molar-refractivity contribution in [2.75, 3.05) is 26.2 Å². The van der Waals surface area contributed by atoms with Crippen LogP contribution >= 0.6 is 0 Å². The highest BCUT2D eigenvalue weighted by Crippen LogP contribution is 2.14. The molecule has 0 amide bonds. The van der Waals surface area contributed by atoms with E-state index in [0.29, 0.717) is 6.61 Å². The Morgan fingerprint density at radius 3 is 2.91 bits per heavy atom. The molecule has 0 aliphatic carbocycles. The highest BCUT2D eigenvalue weighted by Gasteiger charge is 2.17. The topological polar surface area (TPSA) is 50.8 Å². The summed E-state index contributed by atoms with van der Waals surface area (Å²) >= 11 is 0. The van der Waals surface area contributed by atoms with Crippen molar-refractivity contribution in [3.8, 4) is 0 Å². The third-order valence-electron chi connectivity index (χ3n) is 4.06. The van der Waals surface area contributed by atoms with E-state index < -0.39 is 0 Å². The Balaban J connectivity index is 1.54. The molecular formula is C18H29N3O. The Hall–Kier alpha value is -1.55. The summed E-state index contributed by atoms with van der Waals surface area (Å²) in [7, 11) is 0. The average molecular weight is 303 g/mol. The van der Waals surface area contributed by atoms with E-state index in [0.717, 1.165) is 51.0 Å². The molecule has 0 aromatic heterocycles. The number of hydrogen-bond acceptors (Lipinski definition) is 2. The van der Waals surface area contributed by atoms with Crippen LogP contribution in [-0.2, 0) is 11.3 Å². The Bertz CT molecular complexity index is 447. The number of hydrogen-bond donors (Lipinski definition) is 1. The predicted molar refractivity (Wildman–Crippen MR) is 91.8 cm³/mol. The maximum Gasteiger partial charge on any atom is 0.191 e. The van der Waals surface area contributed by atoms with E-state index in [1.54, 1.807) is 0 Å². The van der Waals surface area contributed by atoms with Gasteiger partial charge in [0.2, 0.25) is 0 Å². The first kappa shape index (κ1) is 16.8. The number of nitrogens with zero attached hydrogens (tertiary/aromatic N) is 2. The Labute approximate surface area is 134 Å². The van der Waals surface area contributed by atoms with Crippen LogP contribution < -0.4 is 5.73 Å². The molecule has 4 nitrogen and oxygen atoms in total. The van der Waals surface area contributed by atoms with Crippen molar-refractivity contribution in [2.45, 2.75) is 39.2 Å². The number of rotatable bonds is 7. The highest BCUT2D eigenvalue weighted by atomic mass is 16.5. The number of nitrogens with two attached hydrogens (primary N) is 1. The van der Waals surface area contributed by atoms with Gasteiger partial charge in [-0.05, 0) is 37.2 Å². The number of piperidine rings is 1. The van der Waals surface area contributed by atoms with Gasteiger partial charge in [0.25, 0.3) is 0 Å². The molecule has 0 bridgehead atoms. The molecule has 1 atom stereocenters. The predicted octanol–water partition coefficient (Wildman–Crippen LogP) is 3.03. The summed E-state index contributed by atoms with van der Waals surface area (Å²) in [6.07, 6.45) is 4.59. The van der Waals surface area contributed by atoms with Gasteiger partial charge in [0, 0.05) is 26.2 Å². The second-order valence-corrected chi connectivity index (χ2v) is 6.18. The number of likely N-dealkylation sites (tertiary alicyclic amines) is 1. The van der Waals surface area contributed by atoms with Gasteiger partial charge in [0.15, 0.2) is 5.96 Å². The third kappa shape index (κ3) is 6.06. The van der Waals surface area contributed by atoms with Crippen molar-refractivity contribution in [1.82, 2.24) is 4.90 Å². The van der Waals surface area contributed by atoms with Gasteiger partial charge in [-0.25, -0.2) is 0 Å². The summed E-state index contributed by atoms with van der Waals surface area (Å²) in [4.78, 5) is 6.73. The first-order chi connectivity index (χ1) is 10.8. The lowest BCUT2D eigenvalue weighted by Gasteiger charge is -2.31. The van der Waals surface area contributed by atoms with Gasteiger partial charge in [-0.2, -0.15) is 0 Å². The average Bonchev–Trinajstić information content (AvgIpc) is 2.54. The van der Waals surface area contributed by atoms with Crippen LogP contribution in [0, 0.1) is 5.92 Å². The van der Waals surface area contributed by atoms with Crippen molar-refractivity contribution in [3.63, 3.8) is 0 Å². The van der Waals surface area contributed by atoms with Gasteiger partial charge in [-0.3, -0.25) is 4.99 Å². The fraction of sp³-hybridized carbons (Fsp3) is 0.611. The lowest BCUT2D eigenvalue weighted by atomic mass is 10.0. The van der Waals surface area contributed by atoms with Crippen LogP contribution in [0.5, 0.6) is 0 Å².